The van der Waals surface area contributed by atoms with Crippen LogP contribution in [0.4, 0.5) is 0 Å². The van der Waals surface area contributed by atoms with E-state index in [1.807, 2.05) is 7.05 Å². The van der Waals surface area contributed by atoms with Crippen LogP contribution < -0.4 is 10.6 Å². The van der Waals surface area contributed by atoms with Crippen molar-refractivity contribution in [2.75, 3.05) is 39.8 Å². The van der Waals surface area contributed by atoms with Gasteiger partial charge in [-0.3, -0.25) is 9.89 Å². The Labute approximate surface area is 146 Å². The van der Waals surface area contributed by atoms with Crippen molar-refractivity contribution in [1.82, 2.24) is 15.5 Å². The lowest BCUT2D eigenvalue weighted by Crippen LogP contribution is -2.47. The third-order valence-corrected chi connectivity index (χ3v) is 4.31. The van der Waals surface area contributed by atoms with Gasteiger partial charge >= 0.3 is 0 Å². The van der Waals surface area contributed by atoms with Gasteiger partial charge in [-0.1, -0.05) is 6.92 Å². The van der Waals surface area contributed by atoms with Gasteiger partial charge in [0, 0.05) is 39.3 Å². The molecule has 6 heteroatoms. The van der Waals surface area contributed by atoms with Crippen LogP contribution in [0.3, 0.4) is 0 Å². The van der Waals surface area contributed by atoms with Crippen molar-refractivity contribution in [3.05, 3.63) is 0 Å². The summed E-state index contributed by atoms with van der Waals surface area (Å²) in [6.45, 7) is 9.31. The van der Waals surface area contributed by atoms with Crippen LogP contribution in [0.5, 0.6) is 0 Å². The van der Waals surface area contributed by atoms with Crippen molar-refractivity contribution in [2.24, 2.45) is 4.99 Å². The lowest BCUT2D eigenvalue weighted by atomic mass is 10.0. The van der Waals surface area contributed by atoms with Crippen molar-refractivity contribution in [3.63, 3.8) is 0 Å². The molecule has 5 nitrogen and oxygen atoms in total. The Morgan fingerprint density at radius 3 is 2.67 bits per heavy atom. The quantitative estimate of drug-likeness (QED) is 0.382. The van der Waals surface area contributed by atoms with Crippen LogP contribution in [0, 0.1) is 0 Å². The van der Waals surface area contributed by atoms with E-state index in [-0.39, 0.29) is 29.6 Å². The van der Waals surface area contributed by atoms with Crippen LogP contribution in [-0.4, -0.2) is 62.3 Å². The average molecular weight is 410 g/mol. The first-order chi connectivity index (χ1) is 9.67. The molecular formula is C15H31IN4O. The van der Waals surface area contributed by atoms with E-state index in [4.69, 9.17) is 4.74 Å². The van der Waals surface area contributed by atoms with Gasteiger partial charge in [0.15, 0.2) is 5.96 Å². The van der Waals surface area contributed by atoms with Crippen molar-refractivity contribution in [3.8, 4) is 0 Å². The second-order valence-electron chi connectivity index (χ2n) is 6.11. The molecule has 2 rings (SSSR count). The van der Waals surface area contributed by atoms with Crippen LogP contribution in [0.25, 0.3) is 0 Å². The molecule has 0 aromatic heterocycles. The van der Waals surface area contributed by atoms with Crippen LogP contribution in [-0.2, 0) is 4.74 Å². The van der Waals surface area contributed by atoms with E-state index < -0.39 is 0 Å². The number of rotatable bonds is 7. The highest BCUT2D eigenvalue weighted by Gasteiger charge is 2.30. The summed E-state index contributed by atoms with van der Waals surface area (Å²) in [5.41, 5.74) is -0.0267. The zero-order valence-corrected chi connectivity index (χ0v) is 16.0. The number of hydrogen-bond donors (Lipinski definition) is 2. The average Bonchev–Trinajstić information content (AvgIpc) is 3.20. The molecule has 1 heterocycles. The molecule has 2 N–H and O–H groups in total. The number of ether oxygens (including phenoxy) is 1. The number of aliphatic imine (C=N–C) groups is 1. The summed E-state index contributed by atoms with van der Waals surface area (Å²) in [7, 11) is 1.83. The van der Waals surface area contributed by atoms with Crippen molar-refractivity contribution >= 4 is 29.9 Å². The minimum atomic E-state index is -0.0267. The zero-order valence-electron chi connectivity index (χ0n) is 13.7. The molecule has 124 valence electrons. The largest absolute Gasteiger partial charge is 0.373 e. The van der Waals surface area contributed by atoms with Gasteiger partial charge in [0.2, 0.25) is 0 Å². The van der Waals surface area contributed by atoms with Crippen molar-refractivity contribution in [1.29, 1.82) is 0 Å². The van der Waals surface area contributed by atoms with Crippen molar-refractivity contribution in [2.45, 2.75) is 51.2 Å². The van der Waals surface area contributed by atoms with Gasteiger partial charge in [0.1, 0.15) is 0 Å². The molecule has 0 amide bonds. The van der Waals surface area contributed by atoms with E-state index in [1.165, 1.54) is 12.8 Å². The van der Waals surface area contributed by atoms with E-state index in [9.17, 15) is 0 Å². The molecule has 2 fully saturated rings. The van der Waals surface area contributed by atoms with E-state index in [1.54, 1.807) is 0 Å². The zero-order chi connectivity index (χ0) is 14.4. The summed E-state index contributed by atoms with van der Waals surface area (Å²) in [4.78, 5) is 6.83. The Balaban J connectivity index is 0.00000220. The monoisotopic (exact) mass is 410 g/mol. The molecule has 0 spiro atoms. The predicted molar refractivity (Wildman–Crippen MR) is 98.6 cm³/mol. The SMILES string of the molecule is CCN(CCNC(=NC)NCC1(C)CCCO1)C1CC1.I. The molecule has 1 unspecified atom stereocenters. The molecule has 1 aliphatic carbocycles. The molecule has 1 atom stereocenters. The maximum Gasteiger partial charge on any atom is 0.191 e. The highest BCUT2D eigenvalue weighted by molar-refractivity contribution is 14.0. The number of nitrogens with zero attached hydrogens (tertiary/aromatic N) is 2. The van der Waals surface area contributed by atoms with Gasteiger partial charge in [-0.15, -0.1) is 24.0 Å². The number of likely N-dealkylation sites (N-methyl/N-ethyl adjacent to an activating group) is 1. The maximum atomic E-state index is 5.78. The Bertz CT molecular complexity index is 328. The fourth-order valence-corrected chi connectivity index (χ4v) is 2.82. The van der Waals surface area contributed by atoms with Gasteiger partial charge in [-0.2, -0.15) is 0 Å². The molecule has 0 radical (unpaired) electrons. The van der Waals surface area contributed by atoms with E-state index in [0.29, 0.717) is 0 Å². The molecule has 1 saturated heterocycles. The third-order valence-electron chi connectivity index (χ3n) is 4.31. The topological polar surface area (TPSA) is 48.9 Å². The van der Waals surface area contributed by atoms with E-state index >= 15 is 0 Å². The standard InChI is InChI=1S/C15H30N4O.HI/c1-4-19(13-6-7-13)10-9-17-14(16-3)18-12-15(2)8-5-11-20-15;/h13H,4-12H2,1-3H3,(H2,16,17,18);1H. The smallest absolute Gasteiger partial charge is 0.191 e. The lowest BCUT2D eigenvalue weighted by molar-refractivity contribution is 0.0243. The second kappa shape index (κ2) is 9.15. The molecule has 1 saturated carbocycles. The summed E-state index contributed by atoms with van der Waals surface area (Å²) in [6.07, 6.45) is 5.03. The van der Waals surface area contributed by atoms with Gasteiger partial charge in [-0.05, 0) is 39.2 Å². The van der Waals surface area contributed by atoms with Crippen LogP contribution >= 0.6 is 24.0 Å². The summed E-state index contributed by atoms with van der Waals surface area (Å²) in [5.74, 6) is 0.883. The Hall–Kier alpha value is -0.0800. The summed E-state index contributed by atoms with van der Waals surface area (Å²) in [5, 5.41) is 6.78. The molecular weight excluding hydrogens is 379 g/mol. The summed E-state index contributed by atoms with van der Waals surface area (Å²) in [6, 6.07) is 0.836. The Kier molecular flexibility index (Phi) is 8.26. The fraction of sp³-hybridized carbons (Fsp3) is 0.933. The first-order valence-corrected chi connectivity index (χ1v) is 7.99. The molecule has 0 bridgehead atoms. The van der Waals surface area contributed by atoms with Gasteiger partial charge in [0.05, 0.1) is 5.60 Å². The maximum absolute atomic E-state index is 5.78. The minimum Gasteiger partial charge on any atom is -0.373 e. The number of nitrogens with one attached hydrogen (secondary N) is 2. The lowest BCUT2D eigenvalue weighted by Gasteiger charge is -2.25. The van der Waals surface area contributed by atoms with Gasteiger partial charge in [0.25, 0.3) is 0 Å². The Morgan fingerprint density at radius 1 is 1.38 bits per heavy atom. The fourth-order valence-electron chi connectivity index (χ4n) is 2.82. The van der Waals surface area contributed by atoms with E-state index in [0.717, 1.165) is 57.6 Å². The molecule has 1 aliphatic heterocycles. The van der Waals surface area contributed by atoms with Crippen molar-refractivity contribution < 1.29 is 4.74 Å². The second-order valence-corrected chi connectivity index (χ2v) is 6.11. The third kappa shape index (κ3) is 6.28. The Morgan fingerprint density at radius 2 is 2.14 bits per heavy atom. The highest BCUT2D eigenvalue weighted by atomic mass is 127. The molecule has 0 aromatic carbocycles. The van der Waals surface area contributed by atoms with Crippen LogP contribution in [0.15, 0.2) is 4.99 Å². The molecule has 2 aliphatic rings. The van der Waals surface area contributed by atoms with E-state index in [2.05, 4.69) is 34.4 Å². The highest BCUT2D eigenvalue weighted by Crippen LogP contribution is 2.26. The van der Waals surface area contributed by atoms with Gasteiger partial charge < -0.3 is 15.4 Å². The summed E-state index contributed by atoms with van der Waals surface area (Å²) < 4.78 is 5.78. The van der Waals surface area contributed by atoms with Crippen LogP contribution in [0.2, 0.25) is 0 Å². The predicted octanol–water partition coefficient (Wildman–Crippen LogP) is 1.82. The summed E-state index contributed by atoms with van der Waals surface area (Å²) >= 11 is 0. The number of halogens is 1. The van der Waals surface area contributed by atoms with Gasteiger partial charge in [-0.25, -0.2) is 0 Å². The molecule has 21 heavy (non-hydrogen) atoms. The molecule has 0 aromatic rings. The first kappa shape index (κ1) is 19.0. The first-order valence-electron chi connectivity index (χ1n) is 7.99. The normalized spacial score (nSPS) is 25.8. The number of hydrogen-bond acceptors (Lipinski definition) is 3. The minimum absolute atomic E-state index is 0. The van der Waals surface area contributed by atoms with Crippen LogP contribution in [0.1, 0.15) is 39.5 Å². The number of guanidine groups is 1.